The Morgan fingerprint density at radius 3 is 2.39 bits per heavy atom. The van der Waals surface area contributed by atoms with Gasteiger partial charge < -0.3 is 14.0 Å². The molecule has 170 valence electrons. The van der Waals surface area contributed by atoms with Gasteiger partial charge in [-0.05, 0) is 35.7 Å². The van der Waals surface area contributed by atoms with Gasteiger partial charge in [0.05, 0.1) is 30.8 Å². The van der Waals surface area contributed by atoms with E-state index in [0.717, 1.165) is 23.3 Å². The molecule has 0 bridgehead atoms. The van der Waals surface area contributed by atoms with Crippen molar-refractivity contribution in [3.8, 4) is 17.1 Å². The maximum absolute atomic E-state index is 14.1. The number of hydrogen-bond donors (Lipinski definition) is 0. The quantitative estimate of drug-likeness (QED) is 0.320. The zero-order valence-corrected chi connectivity index (χ0v) is 18.8. The molecule has 5 nitrogen and oxygen atoms in total. The van der Waals surface area contributed by atoms with E-state index >= 15 is 0 Å². The second-order valence-corrected chi connectivity index (χ2v) is 7.95. The number of halogens is 3. The molecule has 0 saturated heterocycles. The van der Waals surface area contributed by atoms with Crippen LogP contribution in [0.1, 0.15) is 17.5 Å². The van der Waals surface area contributed by atoms with Gasteiger partial charge in [-0.25, -0.2) is 13.8 Å². The Morgan fingerprint density at radius 1 is 1.00 bits per heavy atom. The summed E-state index contributed by atoms with van der Waals surface area (Å²) < 4.78 is 40.0. The standard InChI is InChI=1S/C25H21ClF2N2O3/c1-32-23-11-17(26)8-9-18(23)25-29-21-12-19(27)20(28)13-22(21)30(25)14-16-5-3-15(4-6-16)7-10-24(31)33-2/h3-6,8-9,11-13H,7,10,14H2,1-2H3. The lowest BCUT2D eigenvalue weighted by molar-refractivity contribution is -0.140. The Morgan fingerprint density at radius 2 is 1.70 bits per heavy atom. The Hall–Kier alpha value is -3.45. The van der Waals surface area contributed by atoms with Crippen LogP contribution in [0.3, 0.4) is 0 Å². The molecule has 4 rings (SSSR count). The molecule has 0 aliphatic rings. The number of methoxy groups -OCH3 is 2. The third-order valence-electron chi connectivity index (χ3n) is 5.40. The SMILES string of the molecule is COC(=O)CCc1ccc(Cn2c(-c3ccc(Cl)cc3OC)nc3cc(F)c(F)cc32)cc1. The van der Waals surface area contributed by atoms with Crippen LogP contribution in [-0.2, 0) is 22.5 Å². The first-order valence-corrected chi connectivity index (χ1v) is 10.6. The Bertz CT molecular complexity index is 1320. The number of aromatic nitrogens is 2. The fourth-order valence-electron chi connectivity index (χ4n) is 3.68. The largest absolute Gasteiger partial charge is 0.496 e. The van der Waals surface area contributed by atoms with Crippen molar-refractivity contribution in [2.24, 2.45) is 0 Å². The number of esters is 1. The average molecular weight is 471 g/mol. The highest BCUT2D eigenvalue weighted by molar-refractivity contribution is 6.30. The molecule has 8 heteroatoms. The second-order valence-electron chi connectivity index (χ2n) is 7.51. The van der Waals surface area contributed by atoms with Gasteiger partial charge in [-0.3, -0.25) is 4.79 Å². The number of carbonyl (C=O) groups excluding carboxylic acids is 1. The van der Waals surface area contributed by atoms with Gasteiger partial charge in [-0.15, -0.1) is 0 Å². The van der Waals surface area contributed by atoms with E-state index in [1.165, 1.54) is 14.2 Å². The summed E-state index contributed by atoms with van der Waals surface area (Å²) in [5, 5.41) is 0.498. The zero-order valence-electron chi connectivity index (χ0n) is 18.1. The number of imidazole rings is 1. The van der Waals surface area contributed by atoms with Crippen LogP contribution >= 0.6 is 11.6 Å². The smallest absolute Gasteiger partial charge is 0.305 e. The van der Waals surface area contributed by atoms with Crippen molar-refractivity contribution >= 4 is 28.6 Å². The van der Waals surface area contributed by atoms with Crippen LogP contribution in [-0.4, -0.2) is 29.7 Å². The molecule has 0 spiro atoms. The normalized spacial score (nSPS) is 11.1. The molecule has 1 aromatic heterocycles. The van der Waals surface area contributed by atoms with Crippen LogP contribution in [0.5, 0.6) is 5.75 Å². The lowest BCUT2D eigenvalue weighted by Gasteiger charge is -2.13. The summed E-state index contributed by atoms with van der Waals surface area (Å²) in [5.41, 5.74) is 3.35. The maximum Gasteiger partial charge on any atom is 0.305 e. The van der Waals surface area contributed by atoms with Crippen LogP contribution in [0.2, 0.25) is 5.02 Å². The van der Waals surface area contributed by atoms with E-state index in [1.807, 2.05) is 28.8 Å². The molecule has 0 saturated carbocycles. The van der Waals surface area contributed by atoms with Crippen molar-refractivity contribution in [3.05, 3.63) is 82.4 Å². The minimum Gasteiger partial charge on any atom is -0.496 e. The number of hydrogen-bond acceptors (Lipinski definition) is 4. The van der Waals surface area contributed by atoms with Crippen LogP contribution < -0.4 is 4.74 Å². The van der Waals surface area contributed by atoms with Crippen molar-refractivity contribution in [1.29, 1.82) is 0 Å². The van der Waals surface area contributed by atoms with Crippen molar-refractivity contribution in [1.82, 2.24) is 9.55 Å². The molecule has 3 aromatic carbocycles. The highest BCUT2D eigenvalue weighted by atomic mass is 35.5. The number of benzene rings is 3. The van der Waals surface area contributed by atoms with Crippen molar-refractivity contribution < 1.29 is 23.0 Å². The predicted octanol–water partition coefficient (Wildman–Crippen LogP) is 5.80. The van der Waals surface area contributed by atoms with E-state index in [0.29, 0.717) is 52.6 Å². The molecular formula is C25H21ClF2N2O3. The lowest BCUT2D eigenvalue weighted by Crippen LogP contribution is -2.04. The average Bonchev–Trinajstić information content (AvgIpc) is 3.15. The van der Waals surface area contributed by atoms with E-state index in [-0.39, 0.29) is 5.97 Å². The maximum atomic E-state index is 14.1. The molecule has 0 fully saturated rings. The van der Waals surface area contributed by atoms with E-state index < -0.39 is 11.6 Å². The van der Waals surface area contributed by atoms with E-state index in [9.17, 15) is 13.6 Å². The summed E-state index contributed by atoms with van der Waals surface area (Å²) in [6, 6.07) is 15.1. The molecule has 0 amide bonds. The lowest BCUT2D eigenvalue weighted by atomic mass is 10.1. The Kier molecular flexibility index (Phi) is 6.60. The third kappa shape index (κ3) is 4.83. The van der Waals surface area contributed by atoms with Gasteiger partial charge >= 0.3 is 5.97 Å². The molecule has 33 heavy (non-hydrogen) atoms. The molecule has 0 N–H and O–H groups in total. The summed E-state index contributed by atoms with van der Waals surface area (Å²) in [5.74, 6) is -1.18. The van der Waals surface area contributed by atoms with Gasteiger partial charge in [0.15, 0.2) is 11.6 Å². The van der Waals surface area contributed by atoms with E-state index in [1.54, 1.807) is 18.2 Å². The summed E-state index contributed by atoms with van der Waals surface area (Å²) >= 11 is 6.11. The molecular weight excluding hydrogens is 450 g/mol. The first kappa shape index (κ1) is 22.7. The zero-order chi connectivity index (χ0) is 23.5. The van der Waals surface area contributed by atoms with E-state index in [2.05, 4.69) is 9.72 Å². The van der Waals surface area contributed by atoms with Crippen molar-refractivity contribution in [2.45, 2.75) is 19.4 Å². The number of rotatable bonds is 7. The minimum atomic E-state index is -0.961. The van der Waals surface area contributed by atoms with Gasteiger partial charge in [0, 0.05) is 30.1 Å². The first-order chi connectivity index (χ1) is 15.9. The monoisotopic (exact) mass is 470 g/mol. The first-order valence-electron chi connectivity index (χ1n) is 10.2. The third-order valence-corrected chi connectivity index (χ3v) is 5.64. The molecule has 0 aliphatic heterocycles. The van der Waals surface area contributed by atoms with Crippen molar-refractivity contribution in [2.75, 3.05) is 14.2 Å². The van der Waals surface area contributed by atoms with Crippen LogP contribution in [0.25, 0.3) is 22.4 Å². The van der Waals surface area contributed by atoms with Crippen LogP contribution in [0.15, 0.2) is 54.6 Å². The fourth-order valence-corrected chi connectivity index (χ4v) is 3.84. The summed E-state index contributed by atoms with van der Waals surface area (Å²) in [7, 11) is 2.89. The minimum absolute atomic E-state index is 0.264. The second kappa shape index (κ2) is 9.58. The predicted molar refractivity (Wildman–Crippen MR) is 123 cm³/mol. The molecule has 4 aromatic rings. The van der Waals surface area contributed by atoms with Gasteiger partial charge in [0.2, 0.25) is 0 Å². The number of carbonyl (C=O) groups is 1. The van der Waals surface area contributed by atoms with Crippen LogP contribution in [0, 0.1) is 11.6 Å². The topological polar surface area (TPSA) is 53.4 Å². The van der Waals surface area contributed by atoms with Gasteiger partial charge in [-0.2, -0.15) is 0 Å². The Labute approximate surface area is 194 Å². The highest BCUT2D eigenvalue weighted by Gasteiger charge is 2.19. The van der Waals surface area contributed by atoms with E-state index in [4.69, 9.17) is 16.3 Å². The molecule has 0 atom stereocenters. The summed E-state index contributed by atoms with van der Waals surface area (Å²) in [6.07, 6.45) is 0.867. The summed E-state index contributed by atoms with van der Waals surface area (Å²) in [4.78, 5) is 16.0. The summed E-state index contributed by atoms with van der Waals surface area (Å²) in [6.45, 7) is 0.361. The number of nitrogens with zero attached hydrogens (tertiary/aromatic N) is 2. The van der Waals surface area contributed by atoms with Gasteiger partial charge in [0.1, 0.15) is 11.6 Å². The van der Waals surface area contributed by atoms with Crippen molar-refractivity contribution in [3.63, 3.8) is 0 Å². The molecule has 0 radical (unpaired) electrons. The fraction of sp³-hybridized carbons (Fsp3) is 0.200. The number of fused-ring (bicyclic) bond motifs is 1. The molecule has 0 unspecified atom stereocenters. The van der Waals surface area contributed by atoms with Gasteiger partial charge in [0.25, 0.3) is 0 Å². The molecule has 0 aliphatic carbocycles. The Balaban J connectivity index is 1.75. The molecule has 1 heterocycles. The van der Waals surface area contributed by atoms with Crippen LogP contribution in [0.4, 0.5) is 8.78 Å². The highest BCUT2D eigenvalue weighted by Crippen LogP contribution is 2.35. The number of aryl methyl sites for hydroxylation is 1. The van der Waals surface area contributed by atoms with Gasteiger partial charge in [-0.1, -0.05) is 35.9 Å². The number of ether oxygens (including phenoxy) is 2.